The zero-order valence-corrected chi connectivity index (χ0v) is 13.0. The Hall–Kier alpha value is -2.32. The van der Waals surface area contributed by atoms with Gasteiger partial charge >= 0.3 is 0 Å². The molecule has 1 aliphatic carbocycles. The summed E-state index contributed by atoms with van der Waals surface area (Å²) in [4.78, 5) is 6.66. The maximum Gasteiger partial charge on any atom is 0.199 e. The van der Waals surface area contributed by atoms with Crippen LogP contribution in [0.2, 0.25) is 0 Å². The number of rotatable bonds is 1. The predicted octanol–water partition coefficient (Wildman–Crippen LogP) is 4.59. The van der Waals surface area contributed by atoms with Crippen molar-refractivity contribution in [1.82, 2.24) is 4.90 Å². The Morgan fingerprint density at radius 1 is 1.05 bits per heavy atom. The van der Waals surface area contributed by atoms with Crippen LogP contribution in [-0.2, 0) is 0 Å². The van der Waals surface area contributed by atoms with Crippen molar-refractivity contribution < 1.29 is 0 Å². The van der Waals surface area contributed by atoms with E-state index in [1.165, 1.54) is 16.3 Å². The lowest BCUT2D eigenvalue weighted by Gasteiger charge is -2.33. The molecule has 1 unspecified atom stereocenters. The summed E-state index contributed by atoms with van der Waals surface area (Å²) in [5, 5.41) is 2.94. The smallest absolute Gasteiger partial charge is 0.199 e. The molecule has 2 aliphatic rings. The SMILES string of the molecule is CN1C(Cl)=NC(c2cccc3ccccc23)=C2C=CC=CC21. The third-order valence-electron chi connectivity index (χ3n) is 4.23. The lowest BCUT2D eigenvalue weighted by atomic mass is 9.92. The van der Waals surface area contributed by atoms with Crippen molar-refractivity contribution in [3.05, 3.63) is 77.9 Å². The molecule has 4 rings (SSSR count). The number of amidine groups is 1. The van der Waals surface area contributed by atoms with Gasteiger partial charge in [-0.2, -0.15) is 0 Å². The second-order valence-corrected chi connectivity index (χ2v) is 5.85. The Morgan fingerprint density at radius 2 is 1.86 bits per heavy atom. The number of hydrogen-bond acceptors (Lipinski definition) is 2. The fourth-order valence-electron chi connectivity index (χ4n) is 3.09. The molecule has 0 N–H and O–H groups in total. The normalized spacial score (nSPS) is 20.4. The van der Waals surface area contributed by atoms with Crippen LogP contribution in [0.3, 0.4) is 0 Å². The maximum atomic E-state index is 6.37. The summed E-state index contributed by atoms with van der Waals surface area (Å²) in [7, 11) is 1.97. The van der Waals surface area contributed by atoms with Gasteiger partial charge in [0.15, 0.2) is 5.29 Å². The number of benzene rings is 2. The molecule has 0 fully saturated rings. The number of hydrogen-bond donors (Lipinski definition) is 0. The second-order valence-electron chi connectivity index (χ2n) is 5.51. The van der Waals surface area contributed by atoms with Crippen molar-refractivity contribution in [1.29, 1.82) is 0 Å². The van der Waals surface area contributed by atoms with Gasteiger partial charge in [-0.15, -0.1) is 0 Å². The first-order valence-electron chi connectivity index (χ1n) is 7.30. The van der Waals surface area contributed by atoms with Crippen molar-refractivity contribution in [2.45, 2.75) is 6.04 Å². The van der Waals surface area contributed by atoms with Crippen LogP contribution in [-0.4, -0.2) is 23.3 Å². The highest BCUT2D eigenvalue weighted by molar-refractivity contribution is 6.65. The fraction of sp³-hybridized carbons (Fsp3) is 0.105. The van der Waals surface area contributed by atoms with E-state index in [1.807, 2.05) is 11.9 Å². The monoisotopic (exact) mass is 306 g/mol. The highest BCUT2D eigenvalue weighted by atomic mass is 35.5. The van der Waals surface area contributed by atoms with Crippen LogP contribution >= 0.6 is 11.6 Å². The quantitative estimate of drug-likeness (QED) is 0.704. The van der Waals surface area contributed by atoms with Crippen LogP contribution < -0.4 is 0 Å². The summed E-state index contributed by atoms with van der Waals surface area (Å²) in [6.07, 6.45) is 8.39. The first-order chi connectivity index (χ1) is 10.8. The van der Waals surface area contributed by atoms with Gasteiger partial charge in [0.25, 0.3) is 0 Å². The molecule has 1 heterocycles. The first kappa shape index (κ1) is 13.4. The van der Waals surface area contributed by atoms with E-state index in [4.69, 9.17) is 11.6 Å². The maximum absolute atomic E-state index is 6.37. The van der Waals surface area contributed by atoms with E-state index in [0.717, 1.165) is 11.3 Å². The van der Waals surface area contributed by atoms with E-state index in [-0.39, 0.29) is 6.04 Å². The van der Waals surface area contributed by atoms with Crippen LogP contribution in [0.25, 0.3) is 16.5 Å². The van der Waals surface area contributed by atoms with E-state index in [1.54, 1.807) is 0 Å². The Morgan fingerprint density at radius 3 is 2.77 bits per heavy atom. The number of aliphatic imine (C=N–C) groups is 1. The Kier molecular flexibility index (Phi) is 3.12. The molecule has 2 nitrogen and oxygen atoms in total. The molecule has 1 aliphatic heterocycles. The van der Waals surface area contributed by atoms with Gasteiger partial charge in [0, 0.05) is 18.2 Å². The first-order valence-corrected chi connectivity index (χ1v) is 7.68. The van der Waals surface area contributed by atoms with Gasteiger partial charge in [0.05, 0.1) is 11.7 Å². The van der Waals surface area contributed by atoms with E-state index >= 15 is 0 Å². The number of halogens is 1. The third kappa shape index (κ3) is 1.99. The molecule has 0 amide bonds. The predicted molar refractivity (Wildman–Crippen MR) is 94.0 cm³/mol. The summed E-state index contributed by atoms with van der Waals surface area (Å²) in [6.45, 7) is 0. The van der Waals surface area contributed by atoms with Gasteiger partial charge in [-0.05, 0) is 22.4 Å². The molecule has 0 spiro atoms. The Bertz CT molecular complexity index is 869. The number of allylic oxidation sites excluding steroid dienone is 2. The average molecular weight is 307 g/mol. The van der Waals surface area contributed by atoms with Crippen LogP contribution in [0, 0.1) is 0 Å². The lowest BCUT2D eigenvalue weighted by molar-refractivity contribution is 0.476. The second kappa shape index (κ2) is 5.15. The van der Waals surface area contributed by atoms with Crippen LogP contribution in [0.5, 0.6) is 0 Å². The standard InChI is InChI=1S/C19H15ClN2/c1-22-17-12-5-4-10-16(17)18(21-19(22)20)15-11-6-8-13-7-2-3-9-14(13)15/h2-12,17H,1H3. The number of nitrogens with zero attached hydrogens (tertiary/aromatic N) is 2. The molecule has 108 valence electrons. The highest BCUT2D eigenvalue weighted by Gasteiger charge is 2.27. The van der Waals surface area contributed by atoms with Crippen molar-refractivity contribution >= 4 is 33.4 Å². The summed E-state index contributed by atoms with van der Waals surface area (Å²) >= 11 is 6.37. The average Bonchev–Trinajstić information content (AvgIpc) is 2.58. The van der Waals surface area contributed by atoms with E-state index in [9.17, 15) is 0 Å². The van der Waals surface area contributed by atoms with E-state index in [0.29, 0.717) is 5.29 Å². The zero-order chi connectivity index (χ0) is 15.1. The van der Waals surface area contributed by atoms with Crippen molar-refractivity contribution in [3.63, 3.8) is 0 Å². The molecule has 1 atom stereocenters. The molecular weight excluding hydrogens is 292 g/mol. The minimum Gasteiger partial charge on any atom is -0.339 e. The topological polar surface area (TPSA) is 15.6 Å². The number of fused-ring (bicyclic) bond motifs is 2. The summed E-state index contributed by atoms with van der Waals surface area (Å²) in [6, 6.07) is 14.8. The molecule has 3 heteroatoms. The molecular formula is C19H15ClN2. The molecule has 0 aromatic heterocycles. The van der Waals surface area contributed by atoms with Crippen LogP contribution in [0.4, 0.5) is 0 Å². The zero-order valence-electron chi connectivity index (χ0n) is 12.2. The number of likely N-dealkylation sites (N-methyl/N-ethyl adjacent to an activating group) is 1. The van der Waals surface area contributed by atoms with Crippen LogP contribution in [0.15, 0.2) is 77.3 Å². The summed E-state index contributed by atoms with van der Waals surface area (Å²) in [5.41, 5.74) is 3.28. The van der Waals surface area contributed by atoms with E-state index in [2.05, 4.69) is 71.8 Å². The Balaban J connectivity index is 2.01. The fourth-order valence-corrected chi connectivity index (χ4v) is 3.28. The minimum atomic E-state index is 0.143. The largest absolute Gasteiger partial charge is 0.339 e. The van der Waals surface area contributed by atoms with Crippen molar-refractivity contribution in [2.75, 3.05) is 7.05 Å². The van der Waals surface area contributed by atoms with Crippen molar-refractivity contribution in [2.24, 2.45) is 4.99 Å². The molecule has 2 aromatic carbocycles. The van der Waals surface area contributed by atoms with Gasteiger partial charge in [0.1, 0.15) is 0 Å². The van der Waals surface area contributed by atoms with Gasteiger partial charge < -0.3 is 4.90 Å². The molecule has 2 aromatic rings. The van der Waals surface area contributed by atoms with Gasteiger partial charge in [-0.3, -0.25) is 0 Å². The van der Waals surface area contributed by atoms with Gasteiger partial charge in [-0.25, -0.2) is 4.99 Å². The molecule has 0 radical (unpaired) electrons. The summed E-state index contributed by atoms with van der Waals surface area (Å²) in [5.74, 6) is 0. The molecule has 0 saturated heterocycles. The minimum absolute atomic E-state index is 0.143. The molecule has 22 heavy (non-hydrogen) atoms. The lowest BCUT2D eigenvalue weighted by Crippen LogP contribution is -2.37. The van der Waals surface area contributed by atoms with Gasteiger partial charge in [0.2, 0.25) is 0 Å². The third-order valence-corrected chi connectivity index (χ3v) is 4.58. The van der Waals surface area contributed by atoms with Crippen LogP contribution in [0.1, 0.15) is 5.56 Å². The molecule has 0 saturated carbocycles. The summed E-state index contributed by atoms with van der Waals surface area (Å²) < 4.78 is 0. The Labute approximate surface area is 134 Å². The van der Waals surface area contributed by atoms with Crippen molar-refractivity contribution in [3.8, 4) is 0 Å². The molecule has 0 bridgehead atoms. The van der Waals surface area contributed by atoms with E-state index < -0.39 is 0 Å². The van der Waals surface area contributed by atoms with Gasteiger partial charge in [-0.1, -0.05) is 66.8 Å². The highest BCUT2D eigenvalue weighted by Crippen LogP contribution is 2.35.